The first kappa shape index (κ1) is 16.6. The maximum Gasteiger partial charge on any atom is 0.0642 e. The van der Waals surface area contributed by atoms with Crippen molar-refractivity contribution in [1.82, 2.24) is 4.90 Å². The van der Waals surface area contributed by atoms with Crippen LogP contribution < -0.4 is 10.6 Å². The number of benzene rings is 1. The van der Waals surface area contributed by atoms with Gasteiger partial charge in [0.1, 0.15) is 0 Å². The van der Waals surface area contributed by atoms with Crippen LogP contribution in [-0.4, -0.2) is 43.7 Å². The highest BCUT2D eigenvalue weighted by Gasteiger charge is 2.23. The summed E-state index contributed by atoms with van der Waals surface area (Å²) in [5.74, 6) is 0. The van der Waals surface area contributed by atoms with Crippen LogP contribution in [0.3, 0.4) is 0 Å². The summed E-state index contributed by atoms with van der Waals surface area (Å²) in [6.07, 6.45) is 3.20. The number of nitrogens with zero attached hydrogens (tertiary/aromatic N) is 2. The van der Waals surface area contributed by atoms with Gasteiger partial charge in [-0.3, -0.25) is 0 Å². The third kappa shape index (κ3) is 4.35. The van der Waals surface area contributed by atoms with E-state index in [2.05, 4.69) is 42.0 Å². The van der Waals surface area contributed by atoms with Crippen molar-refractivity contribution in [2.75, 3.05) is 31.6 Å². The van der Waals surface area contributed by atoms with Crippen molar-refractivity contribution in [3.05, 3.63) is 28.8 Å². The molecule has 2 unspecified atom stereocenters. The van der Waals surface area contributed by atoms with E-state index < -0.39 is 0 Å². The first-order chi connectivity index (χ1) is 10.0. The Morgan fingerprint density at radius 1 is 1.38 bits per heavy atom. The minimum Gasteiger partial charge on any atom is -0.366 e. The zero-order valence-electron chi connectivity index (χ0n) is 13.5. The molecule has 1 saturated heterocycles. The Morgan fingerprint density at radius 2 is 2.14 bits per heavy atom. The van der Waals surface area contributed by atoms with Crippen LogP contribution in [-0.2, 0) is 6.42 Å². The lowest BCUT2D eigenvalue weighted by atomic mass is 10.1. The van der Waals surface area contributed by atoms with Crippen LogP contribution >= 0.6 is 11.6 Å². The predicted molar refractivity (Wildman–Crippen MR) is 92.3 cm³/mol. The molecule has 118 valence electrons. The standard InChI is InChI=1S/C17H28ClN3/c1-4-15-12-20(3)8-5-9-21(15)17-7-6-14(10-13(2)19)11-16(17)18/h6-7,11,13,15H,4-5,8-10,12,19H2,1-3H3. The van der Waals surface area contributed by atoms with Crippen molar-refractivity contribution >= 4 is 17.3 Å². The van der Waals surface area contributed by atoms with Crippen LogP contribution in [0.1, 0.15) is 32.3 Å². The molecule has 0 spiro atoms. The van der Waals surface area contributed by atoms with Crippen molar-refractivity contribution in [3.63, 3.8) is 0 Å². The van der Waals surface area contributed by atoms with Crippen molar-refractivity contribution in [2.24, 2.45) is 5.73 Å². The molecule has 4 heteroatoms. The summed E-state index contributed by atoms with van der Waals surface area (Å²) in [7, 11) is 2.21. The van der Waals surface area contributed by atoms with E-state index in [1.165, 1.54) is 17.7 Å². The maximum absolute atomic E-state index is 6.56. The van der Waals surface area contributed by atoms with Gasteiger partial charge >= 0.3 is 0 Å². The number of hydrogen-bond acceptors (Lipinski definition) is 3. The van der Waals surface area contributed by atoms with E-state index in [-0.39, 0.29) is 6.04 Å². The van der Waals surface area contributed by atoms with Gasteiger partial charge in [0, 0.05) is 25.2 Å². The molecule has 1 aliphatic heterocycles. The van der Waals surface area contributed by atoms with Crippen LogP contribution in [0.5, 0.6) is 0 Å². The number of anilines is 1. The second kappa shape index (κ2) is 7.48. The smallest absolute Gasteiger partial charge is 0.0642 e. The Balaban J connectivity index is 2.22. The molecule has 1 aliphatic rings. The highest BCUT2D eigenvalue weighted by Crippen LogP contribution is 2.30. The van der Waals surface area contributed by atoms with Gasteiger partial charge in [-0.1, -0.05) is 24.6 Å². The molecule has 21 heavy (non-hydrogen) atoms. The Labute approximate surface area is 134 Å². The molecule has 0 saturated carbocycles. The van der Waals surface area contributed by atoms with Gasteiger partial charge in [-0.25, -0.2) is 0 Å². The number of likely N-dealkylation sites (N-methyl/N-ethyl adjacent to an activating group) is 1. The quantitative estimate of drug-likeness (QED) is 0.927. The number of nitrogens with two attached hydrogens (primary N) is 1. The molecule has 0 aromatic heterocycles. The molecule has 3 nitrogen and oxygen atoms in total. The van der Waals surface area contributed by atoms with E-state index in [1.54, 1.807) is 0 Å². The minimum atomic E-state index is 0.169. The summed E-state index contributed by atoms with van der Waals surface area (Å²) in [5.41, 5.74) is 8.27. The average molecular weight is 310 g/mol. The Hall–Kier alpha value is -0.770. The molecule has 0 amide bonds. The van der Waals surface area contributed by atoms with E-state index in [4.69, 9.17) is 17.3 Å². The van der Waals surface area contributed by atoms with Gasteiger partial charge < -0.3 is 15.5 Å². The van der Waals surface area contributed by atoms with Crippen LogP contribution in [0.25, 0.3) is 0 Å². The second-order valence-electron chi connectivity index (χ2n) is 6.34. The lowest BCUT2D eigenvalue weighted by molar-refractivity contribution is 0.328. The first-order valence-electron chi connectivity index (χ1n) is 8.00. The van der Waals surface area contributed by atoms with Crippen LogP contribution in [0.15, 0.2) is 18.2 Å². The SMILES string of the molecule is CCC1CN(C)CCCN1c1ccc(CC(C)N)cc1Cl. The van der Waals surface area contributed by atoms with Crippen LogP contribution in [0.4, 0.5) is 5.69 Å². The van der Waals surface area contributed by atoms with Gasteiger partial charge in [0.05, 0.1) is 10.7 Å². The fraction of sp³-hybridized carbons (Fsp3) is 0.647. The summed E-state index contributed by atoms with van der Waals surface area (Å²) in [4.78, 5) is 4.91. The number of halogens is 1. The molecule has 2 rings (SSSR count). The zero-order valence-corrected chi connectivity index (χ0v) is 14.2. The average Bonchev–Trinajstić information content (AvgIpc) is 2.59. The molecule has 2 atom stereocenters. The molecular formula is C17H28ClN3. The van der Waals surface area contributed by atoms with Gasteiger partial charge in [0.25, 0.3) is 0 Å². The fourth-order valence-electron chi connectivity index (χ4n) is 3.19. The maximum atomic E-state index is 6.56. The molecular weight excluding hydrogens is 282 g/mol. The predicted octanol–water partition coefficient (Wildman–Crippen LogP) is 3.15. The Morgan fingerprint density at radius 3 is 2.76 bits per heavy atom. The third-order valence-corrected chi connectivity index (χ3v) is 4.56. The van der Waals surface area contributed by atoms with Crippen molar-refractivity contribution < 1.29 is 0 Å². The summed E-state index contributed by atoms with van der Waals surface area (Å²) in [6, 6.07) is 7.14. The van der Waals surface area contributed by atoms with E-state index >= 15 is 0 Å². The molecule has 1 aromatic rings. The fourth-order valence-corrected chi connectivity index (χ4v) is 3.50. The molecule has 2 N–H and O–H groups in total. The second-order valence-corrected chi connectivity index (χ2v) is 6.75. The van der Waals surface area contributed by atoms with E-state index in [0.717, 1.165) is 37.5 Å². The van der Waals surface area contributed by atoms with Gasteiger partial charge in [-0.2, -0.15) is 0 Å². The minimum absolute atomic E-state index is 0.169. The zero-order chi connectivity index (χ0) is 15.4. The van der Waals surface area contributed by atoms with Crippen LogP contribution in [0.2, 0.25) is 5.02 Å². The highest BCUT2D eigenvalue weighted by atomic mass is 35.5. The van der Waals surface area contributed by atoms with Crippen molar-refractivity contribution in [2.45, 2.75) is 45.2 Å². The first-order valence-corrected chi connectivity index (χ1v) is 8.38. The van der Waals surface area contributed by atoms with E-state index in [1.807, 2.05) is 6.92 Å². The topological polar surface area (TPSA) is 32.5 Å². The van der Waals surface area contributed by atoms with Gasteiger partial charge in [0.15, 0.2) is 0 Å². The van der Waals surface area contributed by atoms with Crippen molar-refractivity contribution in [3.8, 4) is 0 Å². The van der Waals surface area contributed by atoms with E-state index in [9.17, 15) is 0 Å². The van der Waals surface area contributed by atoms with E-state index in [0.29, 0.717) is 6.04 Å². The number of rotatable bonds is 4. The number of hydrogen-bond donors (Lipinski definition) is 1. The lowest BCUT2D eigenvalue weighted by Gasteiger charge is -2.33. The summed E-state index contributed by atoms with van der Waals surface area (Å²) >= 11 is 6.56. The van der Waals surface area contributed by atoms with Crippen LogP contribution in [0, 0.1) is 0 Å². The molecule has 1 heterocycles. The third-order valence-electron chi connectivity index (χ3n) is 4.25. The monoisotopic (exact) mass is 309 g/mol. The summed E-state index contributed by atoms with van der Waals surface area (Å²) < 4.78 is 0. The van der Waals surface area contributed by atoms with Gasteiger partial charge in [-0.15, -0.1) is 0 Å². The molecule has 0 bridgehead atoms. The lowest BCUT2D eigenvalue weighted by Crippen LogP contribution is -2.40. The molecule has 1 fully saturated rings. The normalized spacial score (nSPS) is 22.1. The summed E-state index contributed by atoms with van der Waals surface area (Å²) in [6.45, 7) is 7.63. The highest BCUT2D eigenvalue weighted by molar-refractivity contribution is 6.33. The van der Waals surface area contributed by atoms with Crippen molar-refractivity contribution in [1.29, 1.82) is 0 Å². The molecule has 0 radical (unpaired) electrons. The van der Waals surface area contributed by atoms with Gasteiger partial charge in [-0.05, 0) is 57.5 Å². The Kier molecular flexibility index (Phi) is 5.91. The Bertz CT molecular complexity index is 461. The largest absolute Gasteiger partial charge is 0.366 e. The van der Waals surface area contributed by atoms with Gasteiger partial charge in [0.2, 0.25) is 0 Å². The molecule has 0 aliphatic carbocycles. The summed E-state index contributed by atoms with van der Waals surface area (Å²) in [5, 5.41) is 0.858. The molecule has 1 aromatic carbocycles.